The Morgan fingerprint density at radius 3 is 2.63 bits per heavy atom. The standard InChI is InChI=1S/C30H38N4O4/c1-38-20-30(37)15-9-8-14-26(30)34-21-32-27(28(34)23-12-6-3-7-13-23)29(36)33-17-16-31-19-24(33)18-25(35)22-10-4-2-5-11-22/h2-7,10-13,21,24-26,31,35,37H,8-9,14-20H2,1H3/t24-,25+,26-,30-/m1/s1. The molecule has 1 saturated carbocycles. The van der Waals surface area contributed by atoms with Crippen LogP contribution in [0.5, 0.6) is 0 Å². The molecule has 8 heteroatoms. The fraction of sp³-hybridized carbons (Fsp3) is 0.467. The van der Waals surface area contributed by atoms with Crippen molar-refractivity contribution in [2.24, 2.45) is 0 Å². The zero-order valence-electron chi connectivity index (χ0n) is 22.0. The van der Waals surface area contributed by atoms with Crippen molar-refractivity contribution in [2.75, 3.05) is 33.4 Å². The van der Waals surface area contributed by atoms with Crippen LogP contribution in [0.4, 0.5) is 0 Å². The third kappa shape index (κ3) is 5.40. The molecule has 2 aromatic carbocycles. The van der Waals surface area contributed by atoms with E-state index in [1.54, 1.807) is 13.4 Å². The number of aliphatic hydroxyl groups is 2. The first-order valence-electron chi connectivity index (χ1n) is 13.6. The van der Waals surface area contributed by atoms with Crippen LogP contribution in [0.15, 0.2) is 67.0 Å². The molecule has 1 aliphatic carbocycles. The molecule has 1 saturated heterocycles. The number of hydrogen-bond acceptors (Lipinski definition) is 6. The van der Waals surface area contributed by atoms with Crippen LogP contribution in [0.3, 0.4) is 0 Å². The first kappa shape index (κ1) is 26.6. The second-order valence-electron chi connectivity index (χ2n) is 10.5. The average Bonchev–Trinajstić information content (AvgIpc) is 3.39. The minimum atomic E-state index is -1.03. The van der Waals surface area contributed by atoms with Crippen LogP contribution >= 0.6 is 0 Å². The summed E-state index contributed by atoms with van der Waals surface area (Å²) >= 11 is 0. The normalized spacial score (nSPS) is 24.8. The van der Waals surface area contributed by atoms with Crippen LogP contribution in [0.25, 0.3) is 11.3 Å². The van der Waals surface area contributed by atoms with Crippen LogP contribution in [0.2, 0.25) is 0 Å². The fourth-order valence-electron chi connectivity index (χ4n) is 6.10. The molecular formula is C30H38N4O4. The summed E-state index contributed by atoms with van der Waals surface area (Å²) < 4.78 is 7.43. The van der Waals surface area contributed by atoms with Gasteiger partial charge in [0.1, 0.15) is 5.60 Å². The summed E-state index contributed by atoms with van der Waals surface area (Å²) in [5, 5.41) is 25.9. The van der Waals surface area contributed by atoms with E-state index in [4.69, 9.17) is 4.74 Å². The van der Waals surface area contributed by atoms with Gasteiger partial charge in [0.2, 0.25) is 0 Å². The monoisotopic (exact) mass is 518 g/mol. The van der Waals surface area contributed by atoms with Gasteiger partial charge in [-0.1, -0.05) is 73.5 Å². The molecule has 0 radical (unpaired) electrons. The molecule has 1 aliphatic heterocycles. The number of carbonyl (C=O) groups excluding carboxylic acids is 1. The Kier molecular flexibility index (Phi) is 8.24. The van der Waals surface area contributed by atoms with Gasteiger partial charge in [-0.25, -0.2) is 4.98 Å². The van der Waals surface area contributed by atoms with E-state index < -0.39 is 11.7 Å². The van der Waals surface area contributed by atoms with Gasteiger partial charge in [0, 0.05) is 38.3 Å². The highest BCUT2D eigenvalue weighted by Gasteiger charge is 2.42. The molecule has 2 heterocycles. The maximum atomic E-state index is 14.2. The summed E-state index contributed by atoms with van der Waals surface area (Å²) in [5.74, 6) is -0.152. The van der Waals surface area contributed by atoms with E-state index in [1.165, 1.54) is 0 Å². The van der Waals surface area contributed by atoms with Crippen molar-refractivity contribution in [1.29, 1.82) is 0 Å². The number of amides is 1. The number of imidazole rings is 1. The van der Waals surface area contributed by atoms with Gasteiger partial charge in [-0.05, 0) is 24.8 Å². The molecule has 5 rings (SSSR count). The molecule has 1 aromatic heterocycles. The summed E-state index contributed by atoms with van der Waals surface area (Å²) in [4.78, 5) is 20.7. The smallest absolute Gasteiger partial charge is 0.275 e. The summed E-state index contributed by atoms with van der Waals surface area (Å²) in [5.41, 5.74) is 1.79. The lowest BCUT2D eigenvalue weighted by Crippen LogP contribution is -2.54. The van der Waals surface area contributed by atoms with Gasteiger partial charge in [-0.15, -0.1) is 0 Å². The average molecular weight is 519 g/mol. The molecule has 8 nitrogen and oxygen atoms in total. The Morgan fingerprint density at radius 1 is 1.16 bits per heavy atom. The number of hydrogen-bond donors (Lipinski definition) is 3. The van der Waals surface area contributed by atoms with Crippen molar-refractivity contribution < 1.29 is 19.7 Å². The summed E-state index contributed by atoms with van der Waals surface area (Å²) in [7, 11) is 1.61. The topological polar surface area (TPSA) is 99.8 Å². The lowest BCUT2D eigenvalue weighted by Gasteiger charge is -2.41. The van der Waals surface area contributed by atoms with Crippen LogP contribution in [0, 0.1) is 0 Å². The SMILES string of the molecule is COC[C@]1(O)CCCC[C@H]1n1cnc(C(=O)N2CCNC[C@H]2C[C@H](O)c2ccccc2)c1-c1ccccc1. The number of nitrogens with one attached hydrogen (secondary N) is 1. The van der Waals surface area contributed by atoms with Crippen molar-refractivity contribution in [3.63, 3.8) is 0 Å². The molecule has 202 valence electrons. The Bertz CT molecular complexity index is 1200. The number of methoxy groups -OCH3 is 1. The third-order valence-corrected chi connectivity index (χ3v) is 8.02. The van der Waals surface area contributed by atoms with Gasteiger partial charge in [-0.2, -0.15) is 0 Å². The predicted molar refractivity (Wildman–Crippen MR) is 146 cm³/mol. The number of nitrogens with zero attached hydrogens (tertiary/aromatic N) is 3. The van der Waals surface area contributed by atoms with Gasteiger partial charge in [0.25, 0.3) is 5.91 Å². The molecule has 3 aromatic rings. The molecule has 0 unspecified atom stereocenters. The molecule has 2 aliphatic rings. The Labute approximate surface area is 224 Å². The number of piperazine rings is 1. The fourth-order valence-corrected chi connectivity index (χ4v) is 6.10. The number of benzene rings is 2. The molecule has 2 fully saturated rings. The Hall–Kier alpha value is -3.04. The van der Waals surface area contributed by atoms with Gasteiger partial charge < -0.3 is 29.7 Å². The molecule has 0 spiro atoms. The zero-order chi connectivity index (χ0) is 26.5. The van der Waals surface area contributed by atoms with Crippen LogP contribution in [-0.4, -0.2) is 75.6 Å². The first-order valence-corrected chi connectivity index (χ1v) is 13.6. The zero-order valence-corrected chi connectivity index (χ0v) is 22.0. The van der Waals surface area contributed by atoms with Crippen LogP contribution < -0.4 is 5.32 Å². The van der Waals surface area contributed by atoms with Crippen molar-refractivity contribution in [3.05, 3.63) is 78.2 Å². The van der Waals surface area contributed by atoms with E-state index >= 15 is 0 Å². The highest BCUT2D eigenvalue weighted by molar-refractivity contribution is 5.98. The van der Waals surface area contributed by atoms with Crippen LogP contribution in [-0.2, 0) is 4.74 Å². The number of rotatable bonds is 8. The minimum Gasteiger partial charge on any atom is -0.388 e. The van der Waals surface area contributed by atoms with E-state index in [0.717, 1.165) is 36.1 Å². The quantitative estimate of drug-likeness (QED) is 0.422. The third-order valence-electron chi connectivity index (χ3n) is 8.02. The van der Waals surface area contributed by atoms with Gasteiger partial charge in [0.05, 0.1) is 30.8 Å². The van der Waals surface area contributed by atoms with Gasteiger partial charge >= 0.3 is 0 Å². The second-order valence-corrected chi connectivity index (χ2v) is 10.5. The van der Waals surface area contributed by atoms with E-state index in [1.807, 2.05) is 70.1 Å². The van der Waals surface area contributed by atoms with Crippen molar-refractivity contribution in [3.8, 4) is 11.3 Å². The summed E-state index contributed by atoms with van der Waals surface area (Å²) in [6, 6.07) is 19.0. The minimum absolute atomic E-state index is 0.152. The van der Waals surface area contributed by atoms with Gasteiger partial charge in [-0.3, -0.25) is 4.79 Å². The first-order chi connectivity index (χ1) is 18.5. The number of aliphatic hydroxyl groups excluding tert-OH is 1. The number of carbonyl (C=O) groups is 1. The molecule has 1 amide bonds. The molecular weight excluding hydrogens is 480 g/mol. The summed E-state index contributed by atoms with van der Waals surface area (Å²) in [6.07, 6.45) is 4.81. The maximum absolute atomic E-state index is 14.2. The molecule has 3 N–H and O–H groups in total. The Balaban J connectivity index is 1.50. The van der Waals surface area contributed by atoms with E-state index in [2.05, 4.69) is 10.3 Å². The largest absolute Gasteiger partial charge is 0.388 e. The van der Waals surface area contributed by atoms with E-state index in [9.17, 15) is 15.0 Å². The van der Waals surface area contributed by atoms with Crippen molar-refractivity contribution in [2.45, 2.75) is 55.9 Å². The highest BCUT2D eigenvalue weighted by Crippen LogP contribution is 2.41. The lowest BCUT2D eigenvalue weighted by atomic mass is 9.80. The lowest BCUT2D eigenvalue weighted by molar-refractivity contribution is -0.0893. The second kappa shape index (κ2) is 11.8. The van der Waals surface area contributed by atoms with E-state index in [0.29, 0.717) is 38.2 Å². The molecule has 0 bridgehead atoms. The van der Waals surface area contributed by atoms with Crippen molar-refractivity contribution >= 4 is 5.91 Å². The van der Waals surface area contributed by atoms with Crippen molar-refractivity contribution in [1.82, 2.24) is 19.8 Å². The van der Waals surface area contributed by atoms with E-state index in [-0.39, 0.29) is 24.6 Å². The Morgan fingerprint density at radius 2 is 1.89 bits per heavy atom. The molecule has 38 heavy (non-hydrogen) atoms. The van der Waals surface area contributed by atoms with Gasteiger partial charge in [0.15, 0.2) is 5.69 Å². The predicted octanol–water partition coefficient (Wildman–Crippen LogP) is 3.58. The number of aromatic nitrogens is 2. The van der Waals surface area contributed by atoms with Crippen LogP contribution in [0.1, 0.15) is 60.3 Å². The summed E-state index contributed by atoms with van der Waals surface area (Å²) in [6.45, 7) is 2.04. The highest BCUT2D eigenvalue weighted by atomic mass is 16.5. The molecule has 4 atom stereocenters. The number of ether oxygens (including phenoxy) is 1. The maximum Gasteiger partial charge on any atom is 0.275 e.